The van der Waals surface area contributed by atoms with Gasteiger partial charge >= 0.3 is 0 Å². The second kappa shape index (κ2) is 7.87. The summed E-state index contributed by atoms with van der Waals surface area (Å²) in [5.41, 5.74) is 0. The standard InChI is InChI=1S/C8H16BrCl/c1-2-3-4-5-6-8(9)7-10/h8H,2-7H2,1H3. The fourth-order valence-electron chi connectivity index (χ4n) is 0.870. The smallest absolute Gasteiger partial charge is 0.0349 e. The Kier molecular flexibility index (Phi) is 8.48. The average Bonchev–Trinajstić information content (AvgIpc) is 1.98. The van der Waals surface area contributed by atoms with Crippen LogP contribution in [-0.2, 0) is 0 Å². The highest BCUT2D eigenvalue weighted by atomic mass is 79.9. The summed E-state index contributed by atoms with van der Waals surface area (Å²) in [5.74, 6) is 0.742. The molecule has 0 aromatic carbocycles. The SMILES string of the molecule is CCCCCCC(Br)CCl. The Morgan fingerprint density at radius 2 is 2.00 bits per heavy atom. The molecule has 0 aliphatic rings. The van der Waals surface area contributed by atoms with Crippen LogP contribution in [0.2, 0.25) is 0 Å². The summed E-state index contributed by atoms with van der Waals surface area (Å²) in [4.78, 5) is 0.533. The molecule has 0 fully saturated rings. The first-order chi connectivity index (χ1) is 4.81. The Balaban J connectivity index is 2.89. The molecule has 1 atom stereocenters. The van der Waals surface area contributed by atoms with Gasteiger partial charge in [0.05, 0.1) is 0 Å². The number of rotatable bonds is 6. The molecule has 0 saturated carbocycles. The van der Waals surface area contributed by atoms with Crippen molar-refractivity contribution in [1.29, 1.82) is 0 Å². The van der Waals surface area contributed by atoms with Crippen molar-refractivity contribution >= 4 is 27.5 Å². The molecular formula is C8H16BrCl. The van der Waals surface area contributed by atoms with E-state index in [4.69, 9.17) is 11.6 Å². The van der Waals surface area contributed by atoms with Crippen molar-refractivity contribution in [2.45, 2.75) is 43.9 Å². The van der Waals surface area contributed by atoms with Crippen molar-refractivity contribution < 1.29 is 0 Å². The summed E-state index contributed by atoms with van der Waals surface area (Å²) in [6.45, 7) is 2.23. The topological polar surface area (TPSA) is 0 Å². The molecule has 0 heterocycles. The molecular weight excluding hydrogens is 211 g/mol. The summed E-state index contributed by atoms with van der Waals surface area (Å²) in [6, 6.07) is 0. The minimum atomic E-state index is 0.533. The van der Waals surface area contributed by atoms with Crippen LogP contribution in [-0.4, -0.2) is 10.7 Å². The van der Waals surface area contributed by atoms with Crippen molar-refractivity contribution in [2.75, 3.05) is 5.88 Å². The zero-order chi connectivity index (χ0) is 7.82. The van der Waals surface area contributed by atoms with E-state index in [0.29, 0.717) is 4.83 Å². The van der Waals surface area contributed by atoms with Gasteiger partial charge in [-0.25, -0.2) is 0 Å². The van der Waals surface area contributed by atoms with Crippen molar-refractivity contribution in [3.8, 4) is 0 Å². The summed E-state index contributed by atoms with van der Waals surface area (Å²) in [5, 5.41) is 0. The van der Waals surface area contributed by atoms with Crippen LogP contribution in [0.4, 0.5) is 0 Å². The van der Waals surface area contributed by atoms with Gasteiger partial charge in [0, 0.05) is 10.7 Å². The van der Waals surface area contributed by atoms with Crippen molar-refractivity contribution in [2.24, 2.45) is 0 Å². The van der Waals surface area contributed by atoms with E-state index in [2.05, 4.69) is 22.9 Å². The van der Waals surface area contributed by atoms with Crippen molar-refractivity contribution in [3.05, 3.63) is 0 Å². The zero-order valence-electron chi connectivity index (χ0n) is 6.58. The van der Waals surface area contributed by atoms with E-state index < -0.39 is 0 Å². The molecule has 0 radical (unpaired) electrons. The van der Waals surface area contributed by atoms with Gasteiger partial charge in [0.1, 0.15) is 0 Å². The fraction of sp³-hybridized carbons (Fsp3) is 1.00. The van der Waals surface area contributed by atoms with Gasteiger partial charge in [-0.1, -0.05) is 48.5 Å². The van der Waals surface area contributed by atoms with Crippen LogP contribution in [0.3, 0.4) is 0 Å². The Labute approximate surface area is 77.5 Å². The fourth-order valence-corrected chi connectivity index (χ4v) is 1.35. The third kappa shape index (κ3) is 6.88. The second-order valence-corrected chi connectivity index (χ2v) is 4.20. The summed E-state index contributed by atoms with van der Waals surface area (Å²) >= 11 is 9.11. The first kappa shape index (κ1) is 10.8. The highest BCUT2D eigenvalue weighted by Gasteiger charge is 1.99. The van der Waals surface area contributed by atoms with Crippen LogP contribution in [0.15, 0.2) is 0 Å². The number of hydrogen-bond acceptors (Lipinski definition) is 0. The van der Waals surface area contributed by atoms with E-state index in [-0.39, 0.29) is 0 Å². The first-order valence-corrected chi connectivity index (χ1v) is 5.46. The van der Waals surface area contributed by atoms with E-state index >= 15 is 0 Å². The molecule has 0 saturated heterocycles. The van der Waals surface area contributed by atoms with Crippen LogP contribution in [0, 0.1) is 0 Å². The van der Waals surface area contributed by atoms with E-state index in [1.54, 1.807) is 0 Å². The Hall–Kier alpha value is 0.770. The Bertz CT molecular complexity index is 66.3. The van der Waals surface area contributed by atoms with Crippen molar-refractivity contribution in [3.63, 3.8) is 0 Å². The monoisotopic (exact) mass is 226 g/mol. The largest absolute Gasteiger partial charge is 0.126 e. The Morgan fingerprint density at radius 1 is 1.30 bits per heavy atom. The molecule has 0 aliphatic heterocycles. The molecule has 10 heavy (non-hydrogen) atoms. The lowest BCUT2D eigenvalue weighted by Crippen LogP contribution is -1.98. The van der Waals surface area contributed by atoms with Crippen LogP contribution in [0.5, 0.6) is 0 Å². The molecule has 0 aliphatic carbocycles. The van der Waals surface area contributed by atoms with E-state index in [1.165, 1.54) is 32.1 Å². The highest BCUT2D eigenvalue weighted by molar-refractivity contribution is 9.09. The number of alkyl halides is 2. The summed E-state index contributed by atoms with van der Waals surface area (Å²) in [7, 11) is 0. The quantitative estimate of drug-likeness (QED) is 0.476. The third-order valence-electron chi connectivity index (χ3n) is 1.54. The molecule has 0 aromatic rings. The number of halogens is 2. The molecule has 0 N–H and O–H groups in total. The predicted octanol–water partition coefficient (Wildman–Crippen LogP) is 3.96. The maximum absolute atomic E-state index is 5.62. The molecule has 0 nitrogen and oxygen atoms in total. The summed E-state index contributed by atoms with van der Waals surface area (Å²) in [6.07, 6.45) is 6.57. The molecule has 0 amide bonds. The van der Waals surface area contributed by atoms with Gasteiger partial charge in [0.15, 0.2) is 0 Å². The minimum absolute atomic E-state index is 0.533. The molecule has 1 unspecified atom stereocenters. The maximum atomic E-state index is 5.62. The van der Waals surface area contributed by atoms with Crippen LogP contribution in [0.25, 0.3) is 0 Å². The molecule has 0 aromatic heterocycles. The molecule has 0 spiro atoms. The van der Waals surface area contributed by atoms with Crippen LogP contribution in [0.1, 0.15) is 39.0 Å². The Morgan fingerprint density at radius 3 is 2.50 bits per heavy atom. The number of unbranched alkanes of at least 4 members (excludes halogenated alkanes) is 3. The lowest BCUT2D eigenvalue weighted by Gasteiger charge is -2.03. The van der Waals surface area contributed by atoms with Gasteiger partial charge < -0.3 is 0 Å². The van der Waals surface area contributed by atoms with Gasteiger partial charge in [-0.15, -0.1) is 11.6 Å². The zero-order valence-corrected chi connectivity index (χ0v) is 8.92. The van der Waals surface area contributed by atoms with Gasteiger partial charge in [0.25, 0.3) is 0 Å². The van der Waals surface area contributed by atoms with Gasteiger partial charge in [0.2, 0.25) is 0 Å². The van der Waals surface area contributed by atoms with Gasteiger partial charge in [-0.05, 0) is 6.42 Å². The van der Waals surface area contributed by atoms with Gasteiger partial charge in [-0.3, -0.25) is 0 Å². The van der Waals surface area contributed by atoms with E-state index in [0.717, 1.165) is 5.88 Å². The normalized spacial score (nSPS) is 13.5. The molecule has 0 bridgehead atoms. The first-order valence-electron chi connectivity index (χ1n) is 4.01. The van der Waals surface area contributed by atoms with Crippen LogP contribution >= 0.6 is 27.5 Å². The van der Waals surface area contributed by atoms with Crippen molar-refractivity contribution in [1.82, 2.24) is 0 Å². The lowest BCUT2D eigenvalue weighted by molar-refractivity contribution is 0.635. The summed E-state index contributed by atoms with van der Waals surface area (Å²) < 4.78 is 0. The number of hydrogen-bond donors (Lipinski definition) is 0. The second-order valence-electron chi connectivity index (χ2n) is 2.60. The minimum Gasteiger partial charge on any atom is -0.126 e. The maximum Gasteiger partial charge on any atom is 0.0349 e. The predicted molar refractivity (Wildman–Crippen MR) is 52.2 cm³/mol. The van der Waals surface area contributed by atoms with E-state index in [9.17, 15) is 0 Å². The average molecular weight is 228 g/mol. The lowest BCUT2D eigenvalue weighted by atomic mass is 10.1. The molecule has 62 valence electrons. The van der Waals surface area contributed by atoms with E-state index in [1.807, 2.05) is 0 Å². The third-order valence-corrected chi connectivity index (χ3v) is 3.07. The van der Waals surface area contributed by atoms with Crippen LogP contribution < -0.4 is 0 Å². The van der Waals surface area contributed by atoms with Gasteiger partial charge in [-0.2, -0.15) is 0 Å². The molecule has 0 rings (SSSR count). The highest BCUT2D eigenvalue weighted by Crippen LogP contribution is 2.12. The molecule has 2 heteroatoms.